The highest BCUT2D eigenvalue weighted by molar-refractivity contribution is 9.10. The first-order valence-electron chi connectivity index (χ1n) is 12.6. The number of hydrogen-bond acceptors (Lipinski definition) is 7. The van der Waals surface area contributed by atoms with Crippen LogP contribution in [0.5, 0.6) is 17.2 Å². The number of halogens is 1. The molecule has 2 atom stereocenters. The topological polar surface area (TPSA) is 99.5 Å². The van der Waals surface area contributed by atoms with Gasteiger partial charge < -0.3 is 29.5 Å². The second kappa shape index (κ2) is 11.1. The van der Waals surface area contributed by atoms with Crippen LogP contribution in [0.1, 0.15) is 49.9 Å². The molecule has 8 nitrogen and oxygen atoms in total. The molecule has 198 valence electrons. The van der Waals surface area contributed by atoms with Crippen LogP contribution in [0, 0.1) is 0 Å². The number of aliphatic hydroxyl groups excluding tert-OH is 1. The quantitative estimate of drug-likeness (QED) is 0.256. The molecule has 2 aromatic rings. The number of likely N-dealkylation sites (tertiary alicyclic amines) is 1. The Kier molecular flexibility index (Phi) is 8.14. The van der Waals surface area contributed by atoms with Gasteiger partial charge >= 0.3 is 0 Å². The number of carbonyl (C=O) groups is 2. The van der Waals surface area contributed by atoms with Gasteiger partial charge in [-0.05, 0) is 90.4 Å². The Morgan fingerprint density at radius 3 is 2.62 bits per heavy atom. The van der Waals surface area contributed by atoms with Gasteiger partial charge in [-0.25, -0.2) is 0 Å². The number of ether oxygens (including phenoxy) is 2. The smallest absolute Gasteiger partial charge is 0.295 e. The van der Waals surface area contributed by atoms with Crippen LogP contribution in [-0.4, -0.2) is 71.1 Å². The molecule has 37 heavy (non-hydrogen) atoms. The number of aliphatic hydroxyl groups is 1. The van der Waals surface area contributed by atoms with Gasteiger partial charge in [-0.2, -0.15) is 0 Å². The molecule has 0 spiro atoms. The van der Waals surface area contributed by atoms with Crippen molar-refractivity contribution >= 4 is 33.4 Å². The number of phenols is 1. The van der Waals surface area contributed by atoms with Crippen molar-refractivity contribution in [2.45, 2.75) is 45.8 Å². The molecule has 0 saturated carbocycles. The van der Waals surface area contributed by atoms with Crippen molar-refractivity contribution in [2.24, 2.45) is 0 Å². The Balaban J connectivity index is 1.80. The summed E-state index contributed by atoms with van der Waals surface area (Å²) >= 11 is 3.35. The summed E-state index contributed by atoms with van der Waals surface area (Å²) in [6.07, 6.45) is 1.39. The van der Waals surface area contributed by atoms with E-state index in [0.29, 0.717) is 35.0 Å². The first-order chi connectivity index (χ1) is 17.7. The fraction of sp³-hybridized carbons (Fsp3) is 0.429. The lowest BCUT2D eigenvalue weighted by atomic mass is 9.94. The van der Waals surface area contributed by atoms with E-state index in [2.05, 4.69) is 34.7 Å². The van der Waals surface area contributed by atoms with Crippen LogP contribution in [0.3, 0.4) is 0 Å². The molecule has 1 amide bonds. The maximum Gasteiger partial charge on any atom is 0.295 e. The van der Waals surface area contributed by atoms with Crippen molar-refractivity contribution in [3.05, 3.63) is 57.1 Å². The van der Waals surface area contributed by atoms with Crippen LogP contribution in [0.4, 0.5) is 0 Å². The molecule has 0 aliphatic carbocycles. The van der Waals surface area contributed by atoms with Gasteiger partial charge in [0.1, 0.15) is 17.6 Å². The van der Waals surface area contributed by atoms with Crippen molar-refractivity contribution in [1.82, 2.24) is 9.80 Å². The highest BCUT2D eigenvalue weighted by atomic mass is 79.9. The molecular formula is C28H33BrN2O6. The summed E-state index contributed by atoms with van der Waals surface area (Å²) < 4.78 is 11.5. The first-order valence-corrected chi connectivity index (χ1v) is 13.4. The van der Waals surface area contributed by atoms with E-state index in [1.165, 1.54) is 12.0 Å². The van der Waals surface area contributed by atoms with Gasteiger partial charge in [-0.15, -0.1) is 0 Å². The molecule has 2 aliphatic heterocycles. The molecule has 1 fully saturated rings. The summed E-state index contributed by atoms with van der Waals surface area (Å²) in [4.78, 5) is 30.4. The molecule has 2 aliphatic rings. The monoisotopic (exact) mass is 572 g/mol. The number of carbonyl (C=O) groups excluding carboxylic acids is 2. The molecule has 2 heterocycles. The minimum Gasteiger partial charge on any atom is -0.507 e. The van der Waals surface area contributed by atoms with E-state index in [1.54, 1.807) is 24.3 Å². The van der Waals surface area contributed by atoms with Gasteiger partial charge in [-0.3, -0.25) is 9.59 Å². The number of phenolic OH excluding ortho intramolecular Hbond substituents is 1. The molecule has 0 bridgehead atoms. The van der Waals surface area contributed by atoms with E-state index >= 15 is 0 Å². The van der Waals surface area contributed by atoms with Crippen molar-refractivity contribution < 1.29 is 29.3 Å². The normalized spacial score (nSPS) is 20.4. The summed E-state index contributed by atoms with van der Waals surface area (Å²) in [6.45, 7) is 9.02. The van der Waals surface area contributed by atoms with E-state index < -0.39 is 17.7 Å². The molecular weight excluding hydrogens is 540 g/mol. The van der Waals surface area contributed by atoms with E-state index in [4.69, 9.17) is 9.47 Å². The molecule has 2 N–H and O–H groups in total. The standard InChI is InChI=1S/C28H33BrN2O6/c1-5-30(6-2)10-7-11-31-24(19-14-20(29)26(33)22(15-19)36-4)23(27(34)28(31)35)25(32)17-8-9-21-18(13-17)12-16(3)37-21/h8-9,13-16,24,32-33H,5-7,10-12H2,1-4H3/b25-23+/t16-,24+/m0/s1. The summed E-state index contributed by atoms with van der Waals surface area (Å²) in [7, 11) is 1.43. The van der Waals surface area contributed by atoms with Crippen molar-refractivity contribution in [3.8, 4) is 17.2 Å². The van der Waals surface area contributed by atoms with Crippen molar-refractivity contribution in [1.29, 1.82) is 0 Å². The average Bonchev–Trinajstić information content (AvgIpc) is 3.38. The van der Waals surface area contributed by atoms with Crippen molar-refractivity contribution in [3.63, 3.8) is 0 Å². The lowest BCUT2D eigenvalue weighted by Gasteiger charge is -2.27. The highest BCUT2D eigenvalue weighted by Gasteiger charge is 2.46. The number of aromatic hydroxyl groups is 1. The largest absolute Gasteiger partial charge is 0.507 e. The van der Waals surface area contributed by atoms with Crippen LogP contribution in [0.25, 0.3) is 5.76 Å². The predicted molar refractivity (Wildman–Crippen MR) is 144 cm³/mol. The molecule has 1 saturated heterocycles. The Bertz CT molecular complexity index is 1240. The van der Waals surface area contributed by atoms with Crippen LogP contribution >= 0.6 is 15.9 Å². The summed E-state index contributed by atoms with van der Waals surface area (Å²) in [5.41, 5.74) is 1.95. The lowest BCUT2D eigenvalue weighted by Crippen LogP contribution is -2.33. The highest BCUT2D eigenvalue weighted by Crippen LogP contribution is 2.44. The number of fused-ring (bicyclic) bond motifs is 1. The second-order valence-electron chi connectivity index (χ2n) is 9.38. The van der Waals surface area contributed by atoms with Gasteiger partial charge in [0.05, 0.1) is 23.2 Å². The second-order valence-corrected chi connectivity index (χ2v) is 10.2. The van der Waals surface area contributed by atoms with Gasteiger partial charge in [0, 0.05) is 18.5 Å². The third-order valence-electron chi connectivity index (χ3n) is 7.06. The molecule has 2 aromatic carbocycles. The van der Waals surface area contributed by atoms with E-state index in [9.17, 15) is 19.8 Å². The molecule has 0 unspecified atom stereocenters. The maximum atomic E-state index is 13.4. The third-order valence-corrected chi connectivity index (χ3v) is 7.67. The number of nitrogens with zero attached hydrogens (tertiary/aromatic N) is 2. The van der Waals surface area contributed by atoms with Crippen LogP contribution in [0.15, 0.2) is 40.4 Å². The molecule has 0 radical (unpaired) electrons. The zero-order valence-corrected chi connectivity index (χ0v) is 23.2. The zero-order valence-electron chi connectivity index (χ0n) is 21.6. The van der Waals surface area contributed by atoms with E-state index in [-0.39, 0.29) is 28.9 Å². The SMILES string of the molecule is CCN(CC)CCCN1C(=O)C(=O)/C(=C(/O)c2ccc3c(c2)C[C@H](C)O3)[C@H]1c1cc(Br)c(O)c(OC)c1. The maximum absolute atomic E-state index is 13.4. The van der Waals surface area contributed by atoms with Crippen LogP contribution < -0.4 is 9.47 Å². The number of Topliss-reactive ketones (excluding diaryl/α,β-unsaturated/α-hetero) is 1. The van der Waals surface area contributed by atoms with Gasteiger partial charge in [0.25, 0.3) is 11.7 Å². The number of hydrogen-bond donors (Lipinski definition) is 2. The number of amides is 1. The number of benzene rings is 2. The third kappa shape index (κ3) is 5.20. The summed E-state index contributed by atoms with van der Waals surface area (Å²) in [5, 5.41) is 21.8. The average molecular weight is 573 g/mol. The van der Waals surface area contributed by atoms with Gasteiger partial charge in [-0.1, -0.05) is 13.8 Å². The summed E-state index contributed by atoms with van der Waals surface area (Å²) in [6, 6.07) is 7.70. The Labute approximate surface area is 225 Å². The first kappa shape index (κ1) is 27.0. The van der Waals surface area contributed by atoms with Gasteiger partial charge in [0.15, 0.2) is 11.5 Å². The summed E-state index contributed by atoms with van der Waals surface area (Å²) in [5.74, 6) is -0.769. The zero-order chi connectivity index (χ0) is 26.9. The van der Waals surface area contributed by atoms with Crippen molar-refractivity contribution in [2.75, 3.05) is 33.3 Å². The van der Waals surface area contributed by atoms with Crippen LogP contribution in [0.2, 0.25) is 0 Å². The van der Waals surface area contributed by atoms with Crippen LogP contribution in [-0.2, 0) is 16.0 Å². The fourth-order valence-corrected chi connectivity index (χ4v) is 5.55. The number of rotatable bonds is 9. The Hall–Kier alpha value is -3.04. The fourth-order valence-electron chi connectivity index (χ4n) is 5.09. The predicted octanol–water partition coefficient (Wildman–Crippen LogP) is 4.64. The molecule has 4 rings (SSSR count). The molecule has 0 aromatic heterocycles. The van der Waals surface area contributed by atoms with E-state index in [0.717, 1.165) is 30.9 Å². The number of ketones is 1. The minimum atomic E-state index is -0.842. The lowest BCUT2D eigenvalue weighted by molar-refractivity contribution is -0.140. The Morgan fingerprint density at radius 1 is 1.22 bits per heavy atom. The van der Waals surface area contributed by atoms with Gasteiger partial charge in [0.2, 0.25) is 0 Å². The van der Waals surface area contributed by atoms with E-state index in [1.807, 2.05) is 13.0 Å². The Morgan fingerprint density at radius 2 is 1.95 bits per heavy atom. The minimum absolute atomic E-state index is 0.0133. The number of methoxy groups -OCH3 is 1. The molecule has 9 heteroatoms.